The Morgan fingerprint density at radius 2 is 1.76 bits per heavy atom. The van der Waals surface area contributed by atoms with Crippen molar-refractivity contribution in [2.24, 2.45) is 0 Å². The third-order valence-corrected chi connectivity index (χ3v) is 3.23. The van der Waals surface area contributed by atoms with Crippen LogP contribution in [0.1, 0.15) is 22.6 Å². The van der Waals surface area contributed by atoms with Crippen LogP contribution in [0.25, 0.3) is 11.3 Å². The van der Waals surface area contributed by atoms with Crippen molar-refractivity contribution in [2.45, 2.75) is 13.8 Å². The van der Waals surface area contributed by atoms with Gasteiger partial charge in [-0.15, -0.1) is 0 Å². The molecule has 3 nitrogen and oxygen atoms in total. The van der Waals surface area contributed by atoms with Crippen LogP contribution in [0.2, 0.25) is 0 Å². The molecular formula is C18H14N2O. The minimum Gasteiger partial charge on any atom is -0.360 e. The summed E-state index contributed by atoms with van der Waals surface area (Å²) in [6.07, 6.45) is 1.75. The second kappa shape index (κ2) is 5.64. The third kappa shape index (κ3) is 2.70. The zero-order valence-corrected chi connectivity index (χ0v) is 11.9. The normalized spacial score (nSPS) is 10.0. The average molecular weight is 274 g/mol. The van der Waals surface area contributed by atoms with Gasteiger partial charge in [0, 0.05) is 11.8 Å². The summed E-state index contributed by atoms with van der Waals surface area (Å²) < 4.78 is 5.30. The monoisotopic (exact) mass is 274 g/mol. The Labute approximate surface area is 123 Å². The van der Waals surface area contributed by atoms with Crippen LogP contribution in [0.4, 0.5) is 0 Å². The van der Waals surface area contributed by atoms with Gasteiger partial charge < -0.3 is 4.52 Å². The van der Waals surface area contributed by atoms with Gasteiger partial charge in [0.1, 0.15) is 17.1 Å². The molecule has 3 aromatic rings. The van der Waals surface area contributed by atoms with E-state index in [-0.39, 0.29) is 0 Å². The lowest BCUT2D eigenvalue weighted by molar-refractivity contribution is 0.399. The largest absolute Gasteiger partial charge is 0.360 e. The van der Waals surface area contributed by atoms with E-state index in [1.165, 1.54) is 0 Å². The highest BCUT2D eigenvalue weighted by molar-refractivity contribution is 5.68. The molecule has 102 valence electrons. The summed E-state index contributed by atoms with van der Waals surface area (Å²) in [7, 11) is 0. The molecule has 0 saturated heterocycles. The minimum absolute atomic E-state index is 0.718. The fraction of sp³-hybridized carbons (Fsp3) is 0.111. The molecule has 0 aliphatic rings. The fourth-order valence-corrected chi connectivity index (χ4v) is 2.05. The molecule has 0 bridgehead atoms. The molecule has 3 rings (SSSR count). The molecule has 0 aliphatic carbocycles. The van der Waals surface area contributed by atoms with Gasteiger partial charge in [-0.25, -0.2) is 4.98 Å². The molecule has 0 spiro atoms. The van der Waals surface area contributed by atoms with Crippen molar-refractivity contribution in [3.05, 3.63) is 71.2 Å². The van der Waals surface area contributed by atoms with Crippen molar-refractivity contribution in [1.82, 2.24) is 10.1 Å². The van der Waals surface area contributed by atoms with E-state index in [1.54, 1.807) is 6.20 Å². The molecule has 2 aromatic heterocycles. The predicted octanol–water partition coefficient (Wildman–Crippen LogP) is 3.75. The van der Waals surface area contributed by atoms with Crippen LogP contribution in [0.15, 0.2) is 53.2 Å². The Kier molecular flexibility index (Phi) is 3.53. The van der Waals surface area contributed by atoms with E-state index in [0.717, 1.165) is 33.8 Å². The maximum absolute atomic E-state index is 5.30. The predicted molar refractivity (Wildman–Crippen MR) is 81.6 cm³/mol. The lowest BCUT2D eigenvalue weighted by atomic mass is 10.1. The van der Waals surface area contributed by atoms with Crippen LogP contribution < -0.4 is 0 Å². The average Bonchev–Trinajstić information content (AvgIpc) is 2.88. The molecule has 1 aromatic carbocycles. The standard InChI is InChI=1S/C18H14N2O/c1-13-7-6-12-19-17(13)11-10-16-14(2)21-20-18(16)15-8-4-3-5-9-15/h3-9,12H,1-2H3. The van der Waals surface area contributed by atoms with Gasteiger partial charge in [0.2, 0.25) is 0 Å². The second-order valence-corrected chi connectivity index (χ2v) is 4.75. The highest BCUT2D eigenvalue weighted by atomic mass is 16.5. The summed E-state index contributed by atoms with van der Waals surface area (Å²) >= 11 is 0. The molecule has 0 saturated carbocycles. The van der Waals surface area contributed by atoms with Crippen LogP contribution in [0.5, 0.6) is 0 Å². The van der Waals surface area contributed by atoms with Gasteiger partial charge in [0.05, 0.1) is 5.56 Å². The molecule has 0 aliphatic heterocycles. The quantitative estimate of drug-likeness (QED) is 0.634. The summed E-state index contributed by atoms with van der Waals surface area (Å²) in [5.74, 6) is 6.97. The summed E-state index contributed by atoms with van der Waals surface area (Å²) in [5.41, 5.74) is 4.41. The molecule has 0 atom stereocenters. The lowest BCUT2D eigenvalue weighted by Crippen LogP contribution is -1.87. The van der Waals surface area contributed by atoms with Crippen molar-refractivity contribution in [3.8, 4) is 23.1 Å². The van der Waals surface area contributed by atoms with Crippen molar-refractivity contribution < 1.29 is 4.52 Å². The molecule has 2 heterocycles. The molecule has 0 N–H and O–H groups in total. The van der Waals surface area contributed by atoms with Gasteiger partial charge in [-0.3, -0.25) is 0 Å². The summed E-state index contributed by atoms with van der Waals surface area (Å²) in [5, 5.41) is 4.12. The molecule has 0 amide bonds. The zero-order chi connectivity index (χ0) is 14.7. The van der Waals surface area contributed by atoms with Crippen LogP contribution in [-0.4, -0.2) is 10.1 Å². The van der Waals surface area contributed by atoms with E-state index < -0.39 is 0 Å². The molecule has 21 heavy (non-hydrogen) atoms. The Balaban J connectivity index is 2.05. The minimum atomic E-state index is 0.718. The highest BCUT2D eigenvalue weighted by Gasteiger charge is 2.12. The van der Waals surface area contributed by atoms with E-state index in [2.05, 4.69) is 22.0 Å². The Hall–Kier alpha value is -2.86. The van der Waals surface area contributed by atoms with E-state index in [1.807, 2.05) is 56.3 Å². The Morgan fingerprint density at radius 1 is 0.952 bits per heavy atom. The van der Waals surface area contributed by atoms with Gasteiger partial charge in [-0.1, -0.05) is 47.5 Å². The number of benzene rings is 1. The van der Waals surface area contributed by atoms with E-state index in [4.69, 9.17) is 4.52 Å². The van der Waals surface area contributed by atoms with Crippen molar-refractivity contribution in [2.75, 3.05) is 0 Å². The van der Waals surface area contributed by atoms with Gasteiger partial charge in [-0.2, -0.15) is 0 Å². The number of nitrogens with zero attached hydrogens (tertiary/aromatic N) is 2. The van der Waals surface area contributed by atoms with Gasteiger partial charge >= 0.3 is 0 Å². The summed E-state index contributed by atoms with van der Waals surface area (Å²) in [6, 6.07) is 13.8. The van der Waals surface area contributed by atoms with Gasteiger partial charge in [0.15, 0.2) is 0 Å². The topological polar surface area (TPSA) is 38.9 Å². The van der Waals surface area contributed by atoms with Crippen LogP contribution in [0.3, 0.4) is 0 Å². The number of hydrogen-bond donors (Lipinski definition) is 0. The van der Waals surface area contributed by atoms with Crippen molar-refractivity contribution in [1.29, 1.82) is 0 Å². The first-order valence-corrected chi connectivity index (χ1v) is 6.71. The second-order valence-electron chi connectivity index (χ2n) is 4.75. The van der Waals surface area contributed by atoms with E-state index >= 15 is 0 Å². The van der Waals surface area contributed by atoms with Crippen molar-refractivity contribution in [3.63, 3.8) is 0 Å². The first-order chi connectivity index (χ1) is 10.3. The van der Waals surface area contributed by atoms with E-state index in [9.17, 15) is 0 Å². The zero-order valence-electron chi connectivity index (χ0n) is 11.9. The lowest BCUT2D eigenvalue weighted by Gasteiger charge is -1.96. The number of aryl methyl sites for hydroxylation is 2. The third-order valence-electron chi connectivity index (χ3n) is 3.23. The van der Waals surface area contributed by atoms with E-state index in [0.29, 0.717) is 0 Å². The fourth-order valence-electron chi connectivity index (χ4n) is 2.05. The molecule has 3 heteroatoms. The summed E-state index contributed by atoms with van der Waals surface area (Å²) in [6.45, 7) is 3.87. The first-order valence-electron chi connectivity index (χ1n) is 6.71. The molecular weight excluding hydrogens is 260 g/mol. The molecule has 0 radical (unpaired) electrons. The van der Waals surface area contributed by atoms with Crippen LogP contribution in [0, 0.1) is 25.7 Å². The first kappa shape index (κ1) is 13.1. The SMILES string of the molecule is Cc1cccnc1C#Cc1c(-c2ccccc2)noc1C. The number of rotatable bonds is 1. The number of hydrogen-bond acceptors (Lipinski definition) is 3. The summed E-state index contributed by atoms with van der Waals surface area (Å²) in [4.78, 5) is 4.29. The van der Waals surface area contributed by atoms with Crippen LogP contribution >= 0.6 is 0 Å². The maximum Gasteiger partial charge on any atom is 0.149 e. The Morgan fingerprint density at radius 3 is 2.52 bits per heavy atom. The smallest absolute Gasteiger partial charge is 0.149 e. The number of aromatic nitrogens is 2. The van der Waals surface area contributed by atoms with Crippen molar-refractivity contribution >= 4 is 0 Å². The van der Waals surface area contributed by atoms with Gasteiger partial charge in [-0.05, 0) is 31.4 Å². The Bertz CT molecular complexity index is 823. The van der Waals surface area contributed by atoms with Crippen LogP contribution in [-0.2, 0) is 0 Å². The molecule has 0 fully saturated rings. The van der Waals surface area contributed by atoms with Gasteiger partial charge in [0.25, 0.3) is 0 Å². The number of pyridine rings is 1. The molecule has 0 unspecified atom stereocenters. The maximum atomic E-state index is 5.30. The highest BCUT2D eigenvalue weighted by Crippen LogP contribution is 2.24.